The molecule has 0 aromatic carbocycles. The summed E-state index contributed by atoms with van der Waals surface area (Å²) in [5.74, 6) is -0.923. The third-order valence-electron chi connectivity index (χ3n) is 4.48. The van der Waals surface area contributed by atoms with Gasteiger partial charge < -0.3 is 4.90 Å². The van der Waals surface area contributed by atoms with E-state index in [9.17, 15) is 8.78 Å². The summed E-state index contributed by atoms with van der Waals surface area (Å²) in [6.45, 7) is 9.02. The van der Waals surface area contributed by atoms with Gasteiger partial charge in [-0.05, 0) is 19.8 Å². The fourth-order valence-corrected chi connectivity index (χ4v) is 3.49. The molecule has 1 aromatic heterocycles. The normalized spacial score (nSPS) is 19.9. The second kappa shape index (κ2) is 7.86. The van der Waals surface area contributed by atoms with Gasteiger partial charge in [0.1, 0.15) is 5.82 Å². The SMILES string of the molecule is CCCC(CCC)N1CCN(c2ncc(F)cc2F)C[C@H]1C. The number of hydrogen-bond acceptors (Lipinski definition) is 3. The van der Waals surface area contributed by atoms with E-state index in [1.54, 1.807) is 0 Å². The molecule has 22 heavy (non-hydrogen) atoms. The lowest BCUT2D eigenvalue weighted by molar-refractivity contribution is 0.113. The summed E-state index contributed by atoms with van der Waals surface area (Å²) in [7, 11) is 0. The molecule has 1 atom stereocenters. The Hall–Kier alpha value is -1.23. The van der Waals surface area contributed by atoms with Gasteiger partial charge in [0, 0.05) is 37.8 Å². The van der Waals surface area contributed by atoms with Gasteiger partial charge in [0.25, 0.3) is 0 Å². The zero-order valence-electron chi connectivity index (χ0n) is 13.9. The Morgan fingerprint density at radius 3 is 2.45 bits per heavy atom. The van der Waals surface area contributed by atoms with E-state index >= 15 is 0 Å². The molecule has 5 heteroatoms. The first-order valence-electron chi connectivity index (χ1n) is 8.38. The summed E-state index contributed by atoms with van der Waals surface area (Å²) in [6, 6.07) is 1.87. The number of anilines is 1. The first kappa shape index (κ1) is 17.1. The van der Waals surface area contributed by atoms with Crippen molar-refractivity contribution in [2.24, 2.45) is 0 Å². The summed E-state index contributed by atoms with van der Waals surface area (Å²) < 4.78 is 26.9. The van der Waals surface area contributed by atoms with Gasteiger partial charge in [0.2, 0.25) is 0 Å². The highest BCUT2D eigenvalue weighted by atomic mass is 19.1. The second-order valence-corrected chi connectivity index (χ2v) is 6.22. The molecule has 124 valence electrons. The second-order valence-electron chi connectivity index (χ2n) is 6.22. The van der Waals surface area contributed by atoms with Crippen molar-refractivity contribution < 1.29 is 8.78 Å². The predicted octanol–water partition coefficient (Wildman–Crippen LogP) is 3.84. The Balaban J connectivity index is 2.05. The molecule has 2 heterocycles. The van der Waals surface area contributed by atoms with Crippen LogP contribution in [-0.2, 0) is 0 Å². The summed E-state index contributed by atoms with van der Waals surface area (Å²) in [6.07, 6.45) is 5.88. The molecule has 0 bridgehead atoms. The van der Waals surface area contributed by atoms with Crippen LogP contribution in [0, 0.1) is 11.6 Å². The molecular weight excluding hydrogens is 284 g/mol. The van der Waals surface area contributed by atoms with E-state index in [2.05, 4.69) is 30.7 Å². The van der Waals surface area contributed by atoms with E-state index in [-0.39, 0.29) is 5.82 Å². The monoisotopic (exact) mass is 311 g/mol. The van der Waals surface area contributed by atoms with Crippen molar-refractivity contribution in [1.82, 2.24) is 9.88 Å². The van der Waals surface area contributed by atoms with Crippen molar-refractivity contribution in [2.45, 2.75) is 58.5 Å². The molecule has 0 saturated carbocycles. The standard InChI is InChI=1S/C17H27F2N3/c1-4-6-15(7-5-2)22-9-8-21(12-13(22)3)17-16(19)10-14(18)11-20-17/h10-11,13,15H,4-9,12H2,1-3H3/t13-/m1/s1. The zero-order valence-corrected chi connectivity index (χ0v) is 13.9. The van der Waals surface area contributed by atoms with E-state index in [0.29, 0.717) is 12.1 Å². The average Bonchev–Trinajstić information content (AvgIpc) is 2.47. The molecule has 1 aromatic rings. The third kappa shape index (κ3) is 3.94. The molecule has 1 aliphatic rings. The lowest BCUT2D eigenvalue weighted by Gasteiger charge is -2.44. The number of aromatic nitrogens is 1. The maximum Gasteiger partial charge on any atom is 0.168 e. The topological polar surface area (TPSA) is 19.4 Å². The van der Waals surface area contributed by atoms with E-state index in [1.165, 1.54) is 25.7 Å². The largest absolute Gasteiger partial charge is 0.351 e. The molecule has 0 N–H and O–H groups in total. The molecule has 1 saturated heterocycles. The van der Waals surface area contributed by atoms with Crippen LogP contribution in [0.25, 0.3) is 0 Å². The number of rotatable bonds is 6. The van der Waals surface area contributed by atoms with Crippen LogP contribution in [0.2, 0.25) is 0 Å². The maximum atomic E-state index is 13.9. The molecule has 0 spiro atoms. The summed E-state index contributed by atoms with van der Waals surface area (Å²) >= 11 is 0. The zero-order chi connectivity index (χ0) is 16.1. The molecule has 1 fully saturated rings. The summed E-state index contributed by atoms with van der Waals surface area (Å²) in [4.78, 5) is 8.42. The summed E-state index contributed by atoms with van der Waals surface area (Å²) in [5.41, 5.74) is 0. The van der Waals surface area contributed by atoms with Crippen molar-refractivity contribution in [3.8, 4) is 0 Å². The van der Waals surface area contributed by atoms with E-state index < -0.39 is 11.6 Å². The van der Waals surface area contributed by atoms with Crippen molar-refractivity contribution in [3.63, 3.8) is 0 Å². The van der Waals surface area contributed by atoms with Gasteiger partial charge >= 0.3 is 0 Å². The van der Waals surface area contributed by atoms with Crippen LogP contribution in [0.1, 0.15) is 46.5 Å². The molecule has 3 nitrogen and oxygen atoms in total. The van der Waals surface area contributed by atoms with Crippen LogP contribution in [-0.4, -0.2) is 41.6 Å². The maximum absolute atomic E-state index is 13.9. The van der Waals surface area contributed by atoms with Gasteiger partial charge in [-0.3, -0.25) is 4.90 Å². The Bertz CT molecular complexity index is 475. The third-order valence-corrected chi connectivity index (χ3v) is 4.48. The average molecular weight is 311 g/mol. The Kier molecular flexibility index (Phi) is 6.12. The van der Waals surface area contributed by atoms with Crippen LogP contribution in [0.15, 0.2) is 12.3 Å². The van der Waals surface area contributed by atoms with Crippen LogP contribution in [0.3, 0.4) is 0 Å². The van der Waals surface area contributed by atoms with Gasteiger partial charge in [0.05, 0.1) is 6.20 Å². The highest BCUT2D eigenvalue weighted by Gasteiger charge is 2.30. The van der Waals surface area contributed by atoms with Crippen LogP contribution >= 0.6 is 0 Å². The minimum atomic E-state index is -0.626. The molecule has 0 unspecified atom stereocenters. The lowest BCUT2D eigenvalue weighted by Crippen LogP contribution is -2.55. The van der Waals surface area contributed by atoms with Crippen molar-refractivity contribution >= 4 is 5.82 Å². The van der Waals surface area contributed by atoms with Gasteiger partial charge in [-0.15, -0.1) is 0 Å². The Labute approximate surface area is 132 Å². The van der Waals surface area contributed by atoms with Crippen LogP contribution in [0.4, 0.5) is 14.6 Å². The fourth-order valence-electron chi connectivity index (χ4n) is 3.49. The molecule has 2 rings (SSSR count). The highest BCUT2D eigenvalue weighted by molar-refractivity contribution is 5.40. The molecule has 0 amide bonds. The van der Waals surface area contributed by atoms with Crippen LogP contribution in [0.5, 0.6) is 0 Å². The fraction of sp³-hybridized carbons (Fsp3) is 0.706. The number of pyridine rings is 1. The van der Waals surface area contributed by atoms with Gasteiger partial charge in [-0.25, -0.2) is 13.8 Å². The molecule has 1 aliphatic heterocycles. The molecular formula is C17H27F2N3. The van der Waals surface area contributed by atoms with Gasteiger partial charge in [0.15, 0.2) is 11.6 Å². The number of hydrogen-bond donors (Lipinski definition) is 0. The van der Waals surface area contributed by atoms with Crippen molar-refractivity contribution in [2.75, 3.05) is 24.5 Å². The predicted molar refractivity (Wildman–Crippen MR) is 86.1 cm³/mol. The number of halogens is 2. The molecule has 0 radical (unpaired) electrons. The van der Waals surface area contributed by atoms with Crippen molar-refractivity contribution in [3.05, 3.63) is 23.9 Å². The lowest BCUT2D eigenvalue weighted by atomic mass is 10.0. The quantitative estimate of drug-likeness (QED) is 0.796. The minimum absolute atomic E-state index is 0.274. The number of piperazine rings is 1. The van der Waals surface area contributed by atoms with Gasteiger partial charge in [-0.2, -0.15) is 0 Å². The van der Waals surface area contributed by atoms with E-state index in [0.717, 1.165) is 31.9 Å². The van der Waals surface area contributed by atoms with Crippen molar-refractivity contribution in [1.29, 1.82) is 0 Å². The first-order valence-corrected chi connectivity index (χ1v) is 8.38. The minimum Gasteiger partial charge on any atom is -0.351 e. The highest BCUT2D eigenvalue weighted by Crippen LogP contribution is 2.24. The van der Waals surface area contributed by atoms with Crippen LogP contribution < -0.4 is 4.90 Å². The molecule has 0 aliphatic carbocycles. The van der Waals surface area contributed by atoms with Gasteiger partial charge in [-0.1, -0.05) is 26.7 Å². The smallest absolute Gasteiger partial charge is 0.168 e. The Morgan fingerprint density at radius 1 is 1.23 bits per heavy atom. The summed E-state index contributed by atoms with van der Waals surface area (Å²) in [5, 5.41) is 0. The Morgan fingerprint density at radius 2 is 1.91 bits per heavy atom. The van der Waals surface area contributed by atoms with E-state index in [4.69, 9.17) is 0 Å². The van der Waals surface area contributed by atoms with E-state index in [1.807, 2.05) is 4.90 Å². The number of nitrogens with zero attached hydrogens (tertiary/aromatic N) is 3. The first-order chi connectivity index (χ1) is 10.6.